The van der Waals surface area contributed by atoms with Gasteiger partial charge in [0.05, 0.1) is 0 Å². The first-order valence-corrected chi connectivity index (χ1v) is 25.6. The van der Waals surface area contributed by atoms with Crippen LogP contribution in [0.25, 0.3) is 0 Å². The van der Waals surface area contributed by atoms with E-state index >= 15 is 0 Å². The zero-order valence-electron chi connectivity index (χ0n) is 39.7. The molecule has 1 unspecified atom stereocenters. The molecule has 1 atom stereocenters. The number of hydrogen-bond donors (Lipinski definition) is 0. The van der Waals surface area contributed by atoms with Crippen molar-refractivity contribution in [3.63, 3.8) is 0 Å². The smallest absolute Gasteiger partial charge is 0.306 e. The number of hydrogen-bond acceptors (Lipinski definition) is 6. The van der Waals surface area contributed by atoms with Crippen molar-refractivity contribution in [1.29, 1.82) is 0 Å². The summed E-state index contributed by atoms with van der Waals surface area (Å²) in [6.07, 6.45) is 58.0. The first-order valence-electron chi connectivity index (χ1n) is 25.6. The summed E-state index contributed by atoms with van der Waals surface area (Å²) in [5.74, 6) is -0.906. The largest absolute Gasteiger partial charge is 0.462 e. The van der Waals surface area contributed by atoms with Crippen molar-refractivity contribution in [3.05, 3.63) is 48.6 Å². The third-order valence-corrected chi connectivity index (χ3v) is 11.0. The number of esters is 3. The maximum Gasteiger partial charge on any atom is 0.306 e. The summed E-state index contributed by atoms with van der Waals surface area (Å²) in [5.41, 5.74) is 0. The van der Waals surface area contributed by atoms with Crippen LogP contribution in [0.5, 0.6) is 0 Å². The zero-order chi connectivity index (χ0) is 43.7. The van der Waals surface area contributed by atoms with Crippen LogP contribution in [0.4, 0.5) is 0 Å². The molecule has 0 saturated heterocycles. The Bertz CT molecular complexity index is 1060. The lowest BCUT2D eigenvalue weighted by atomic mass is 10.1. The summed E-state index contributed by atoms with van der Waals surface area (Å²) in [6, 6.07) is 0. The molecule has 0 rings (SSSR count). The number of carbonyl (C=O) groups excluding carboxylic acids is 3. The molecular weight excluding hydrogens is 745 g/mol. The Kier molecular flexibility index (Phi) is 46.9. The van der Waals surface area contributed by atoms with Gasteiger partial charge < -0.3 is 14.2 Å². The van der Waals surface area contributed by atoms with Crippen molar-refractivity contribution in [2.45, 2.75) is 264 Å². The highest BCUT2D eigenvalue weighted by Crippen LogP contribution is 2.14. The van der Waals surface area contributed by atoms with Crippen LogP contribution in [0.3, 0.4) is 0 Å². The van der Waals surface area contributed by atoms with Crippen LogP contribution in [0.1, 0.15) is 258 Å². The molecule has 0 aromatic heterocycles. The Labute approximate surface area is 371 Å². The standard InChI is InChI=1S/C54H96O6/c1-4-7-10-13-16-19-22-25-27-30-32-35-38-41-44-47-53(56)59-50-51(49-58-52(55)46-43-40-37-34-31-28-24-21-18-15-12-9-6-3)60-54(57)48-45-42-39-36-33-29-26-23-20-17-14-11-8-5-2/h8,11,17,19-20,22,28,31,51H,4-7,9-10,12-16,18,21,23-27,29-30,32-50H2,1-3H3/b11-8-,20-17-,22-19-,31-28-. The van der Waals surface area contributed by atoms with Gasteiger partial charge in [0.15, 0.2) is 6.10 Å². The van der Waals surface area contributed by atoms with E-state index in [1.807, 2.05) is 0 Å². The summed E-state index contributed by atoms with van der Waals surface area (Å²) < 4.78 is 16.8. The highest BCUT2D eigenvalue weighted by atomic mass is 16.6. The van der Waals surface area contributed by atoms with E-state index in [4.69, 9.17) is 14.2 Å². The zero-order valence-corrected chi connectivity index (χ0v) is 39.7. The van der Waals surface area contributed by atoms with Gasteiger partial charge in [-0.05, 0) is 96.3 Å². The predicted molar refractivity (Wildman–Crippen MR) is 256 cm³/mol. The molecule has 0 aromatic rings. The topological polar surface area (TPSA) is 78.9 Å². The third-order valence-electron chi connectivity index (χ3n) is 11.0. The molecule has 0 heterocycles. The van der Waals surface area contributed by atoms with E-state index < -0.39 is 6.10 Å². The lowest BCUT2D eigenvalue weighted by Gasteiger charge is -2.18. The lowest BCUT2D eigenvalue weighted by Crippen LogP contribution is -2.30. The van der Waals surface area contributed by atoms with Gasteiger partial charge in [-0.3, -0.25) is 14.4 Å². The fraction of sp³-hybridized carbons (Fsp3) is 0.796. The number of allylic oxidation sites excluding steroid dienone is 8. The minimum Gasteiger partial charge on any atom is -0.462 e. The average molecular weight is 841 g/mol. The van der Waals surface area contributed by atoms with E-state index in [1.165, 1.54) is 128 Å². The van der Waals surface area contributed by atoms with Crippen molar-refractivity contribution in [2.24, 2.45) is 0 Å². The molecule has 0 amide bonds. The summed E-state index contributed by atoms with van der Waals surface area (Å²) in [6.45, 7) is 6.50. The molecule has 0 aliphatic rings. The second-order valence-corrected chi connectivity index (χ2v) is 17.0. The third kappa shape index (κ3) is 46.4. The van der Waals surface area contributed by atoms with Crippen molar-refractivity contribution >= 4 is 17.9 Å². The van der Waals surface area contributed by atoms with Gasteiger partial charge in [-0.25, -0.2) is 0 Å². The SMILES string of the molecule is CC/C=C\C/C=C\CCCCCCCCCC(=O)OC(COC(=O)CCCCC/C=C\CCCCCCCC)COC(=O)CCCCCCCCC/C=C\CCCCCC. The van der Waals surface area contributed by atoms with Gasteiger partial charge in [0.1, 0.15) is 13.2 Å². The number of carbonyl (C=O) groups is 3. The highest BCUT2D eigenvalue weighted by molar-refractivity contribution is 5.71. The van der Waals surface area contributed by atoms with E-state index in [1.54, 1.807) is 0 Å². The summed E-state index contributed by atoms with van der Waals surface area (Å²) >= 11 is 0. The minimum atomic E-state index is -0.783. The van der Waals surface area contributed by atoms with Crippen LogP contribution in [0, 0.1) is 0 Å². The molecule has 0 aliphatic heterocycles. The van der Waals surface area contributed by atoms with Crippen LogP contribution >= 0.6 is 0 Å². The second-order valence-electron chi connectivity index (χ2n) is 17.0. The minimum absolute atomic E-state index is 0.0826. The maximum atomic E-state index is 12.8. The summed E-state index contributed by atoms with van der Waals surface area (Å²) in [4.78, 5) is 37.9. The molecule has 60 heavy (non-hydrogen) atoms. The van der Waals surface area contributed by atoms with Crippen LogP contribution in [0.2, 0.25) is 0 Å². The molecule has 0 aromatic carbocycles. The number of unbranched alkanes of at least 4 members (excludes halogenated alkanes) is 27. The lowest BCUT2D eigenvalue weighted by molar-refractivity contribution is -0.167. The van der Waals surface area contributed by atoms with Gasteiger partial charge in [-0.1, -0.05) is 191 Å². The molecule has 0 radical (unpaired) electrons. The van der Waals surface area contributed by atoms with E-state index in [9.17, 15) is 14.4 Å². The molecule has 0 fully saturated rings. The molecular formula is C54H96O6. The summed E-state index contributed by atoms with van der Waals surface area (Å²) in [5, 5.41) is 0. The van der Waals surface area contributed by atoms with Crippen molar-refractivity contribution in [2.75, 3.05) is 13.2 Å². The Morgan fingerprint density at radius 3 is 1.05 bits per heavy atom. The fourth-order valence-electron chi connectivity index (χ4n) is 7.17. The molecule has 6 nitrogen and oxygen atoms in total. The molecule has 0 aliphatic carbocycles. The molecule has 348 valence electrons. The highest BCUT2D eigenvalue weighted by Gasteiger charge is 2.19. The predicted octanol–water partition coefficient (Wildman–Crippen LogP) is 16.7. The molecule has 0 N–H and O–H groups in total. The van der Waals surface area contributed by atoms with Gasteiger partial charge in [-0.15, -0.1) is 0 Å². The Morgan fingerprint density at radius 1 is 0.350 bits per heavy atom. The maximum absolute atomic E-state index is 12.8. The van der Waals surface area contributed by atoms with E-state index in [-0.39, 0.29) is 31.1 Å². The number of rotatable bonds is 46. The Hall–Kier alpha value is -2.63. The van der Waals surface area contributed by atoms with Crippen LogP contribution in [-0.2, 0) is 28.6 Å². The Morgan fingerprint density at radius 2 is 0.650 bits per heavy atom. The van der Waals surface area contributed by atoms with Gasteiger partial charge in [0.25, 0.3) is 0 Å². The van der Waals surface area contributed by atoms with Gasteiger partial charge in [-0.2, -0.15) is 0 Å². The monoisotopic (exact) mass is 841 g/mol. The van der Waals surface area contributed by atoms with Crippen molar-refractivity contribution in [3.8, 4) is 0 Å². The molecule has 0 spiro atoms. The average Bonchev–Trinajstić information content (AvgIpc) is 3.24. The fourth-order valence-corrected chi connectivity index (χ4v) is 7.17. The number of ether oxygens (including phenoxy) is 3. The first kappa shape index (κ1) is 57.4. The summed E-state index contributed by atoms with van der Waals surface area (Å²) in [7, 11) is 0. The van der Waals surface area contributed by atoms with E-state index in [0.29, 0.717) is 19.3 Å². The van der Waals surface area contributed by atoms with Gasteiger partial charge in [0, 0.05) is 19.3 Å². The Balaban J connectivity index is 4.40. The van der Waals surface area contributed by atoms with E-state index in [0.717, 1.165) is 89.9 Å². The second kappa shape index (κ2) is 49.0. The normalized spacial score (nSPS) is 12.4. The van der Waals surface area contributed by atoms with Gasteiger partial charge >= 0.3 is 17.9 Å². The first-order chi connectivity index (χ1) is 29.5. The van der Waals surface area contributed by atoms with Crippen molar-refractivity contribution < 1.29 is 28.6 Å². The van der Waals surface area contributed by atoms with Crippen LogP contribution in [0.15, 0.2) is 48.6 Å². The molecule has 6 heteroatoms. The van der Waals surface area contributed by atoms with Crippen LogP contribution in [-0.4, -0.2) is 37.2 Å². The quantitative estimate of drug-likeness (QED) is 0.0263. The molecule has 0 saturated carbocycles. The van der Waals surface area contributed by atoms with E-state index in [2.05, 4.69) is 69.4 Å². The molecule has 0 bridgehead atoms. The van der Waals surface area contributed by atoms with Gasteiger partial charge in [0.2, 0.25) is 0 Å². The van der Waals surface area contributed by atoms with Crippen LogP contribution < -0.4 is 0 Å². The van der Waals surface area contributed by atoms with Crippen molar-refractivity contribution in [1.82, 2.24) is 0 Å².